The van der Waals surface area contributed by atoms with Gasteiger partial charge in [0.1, 0.15) is 5.71 Å². The predicted octanol–water partition coefficient (Wildman–Crippen LogP) is 2.51. The zero-order valence-corrected chi connectivity index (χ0v) is 12.1. The monoisotopic (exact) mass is 293 g/mol. The molecule has 0 unspecified atom stereocenters. The second kappa shape index (κ2) is 5.81. The first kappa shape index (κ1) is 14.0. The number of hydrogen-bond acceptors (Lipinski definition) is 3. The lowest BCUT2D eigenvalue weighted by atomic mass is 10.1. The lowest BCUT2D eigenvalue weighted by molar-refractivity contribution is -0.110. The van der Waals surface area contributed by atoms with Crippen LogP contribution in [0.5, 0.6) is 0 Å². The van der Waals surface area contributed by atoms with E-state index in [2.05, 4.69) is 15.6 Å². The van der Waals surface area contributed by atoms with Gasteiger partial charge in [0, 0.05) is 17.7 Å². The third kappa shape index (κ3) is 2.61. The number of aliphatic imine (C=N–C) groups is 1. The molecule has 0 fully saturated rings. The second-order valence-corrected chi connectivity index (χ2v) is 4.87. The molecule has 5 heteroatoms. The minimum absolute atomic E-state index is 0.120. The van der Waals surface area contributed by atoms with E-state index in [0.29, 0.717) is 23.5 Å². The summed E-state index contributed by atoms with van der Waals surface area (Å²) >= 11 is 0. The molecule has 0 bridgehead atoms. The van der Waals surface area contributed by atoms with Crippen molar-refractivity contribution in [3.8, 4) is 0 Å². The molecule has 0 radical (unpaired) electrons. The second-order valence-electron chi connectivity index (χ2n) is 4.87. The van der Waals surface area contributed by atoms with E-state index in [1.165, 1.54) is 0 Å². The highest BCUT2D eigenvalue weighted by Gasteiger charge is 2.25. The van der Waals surface area contributed by atoms with E-state index in [4.69, 9.17) is 0 Å². The molecule has 5 nitrogen and oxygen atoms in total. The first-order chi connectivity index (χ1) is 10.7. The van der Waals surface area contributed by atoms with Crippen molar-refractivity contribution in [3.63, 3.8) is 0 Å². The Labute approximate surface area is 128 Å². The van der Waals surface area contributed by atoms with Gasteiger partial charge in [-0.25, -0.2) is 4.99 Å². The molecule has 2 aromatic rings. The van der Waals surface area contributed by atoms with Crippen molar-refractivity contribution >= 4 is 28.9 Å². The molecule has 1 heterocycles. The Kier molecular flexibility index (Phi) is 3.70. The number of para-hydroxylation sites is 1. The third-order valence-electron chi connectivity index (χ3n) is 3.35. The van der Waals surface area contributed by atoms with Crippen LogP contribution in [0.25, 0.3) is 0 Å². The first-order valence-corrected chi connectivity index (χ1v) is 7.06. The molecule has 0 aromatic heterocycles. The largest absolute Gasteiger partial charge is 0.352 e. The molecule has 1 aliphatic heterocycles. The Morgan fingerprint density at radius 1 is 1.14 bits per heavy atom. The average molecular weight is 293 g/mol. The molecule has 110 valence electrons. The molecule has 2 N–H and O–H groups in total. The summed E-state index contributed by atoms with van der Waals surface area (Å²) in [6, 6.07) is 14.3. The van der Waals surface area contributed by atoms with Crippen LogP contribution in [0.4, 0.5) is 11.4 Å². The predicted molar refractivity (Wildman–Crippen MR) is 85.7 cm³/mol. The van der Waals surface area contributed by atoms with Gasteiger partial charge >= 0.3 is 0 Å². The van der Waals surface area contributed by atoms with Crippen molar-refractivity contribution in [2.45, 2.75) is 6.92 Å². The minimum Gasteiger partial charge on any atom is -0.352 e. The maximum Gasteiger partial charge on any atom is 0.275 e. The topological polar surface area (TPSA) is 70.6 Å². The summed E-state index contributed by atoms with van der Waals surface area (Å²) in [7, 11) is 0. The van der Waals surface area contributed by atoms with E-state index in [1.807, 2.05) is 31.2 Å². The summed E-state index contributed by atoms with van der Waals surface area (Å²) in [6.07, 6.45) is 0. The summed E-state index contributed by atoms with van der Waals surface area (Å²) in [4.78, 5) is 28.1. The molecule has 2 amide bonds. The number of hydrogen-bond donors (Lipinski definition) is 2. The van der Waals surface area contributed by atoms with Crippen molar-refractivity contribution in [3.05, 3.63) is 59.7 Å². The summed E-state index contributed by atoms with van der Waals surface area (Å²) < 4.78 is 0. The first-order valence-electron chi connectivity index (χ1n) is 7.06. The third-order valence-corrected chi connectivity index (χ3v) is 3.35. The molecular formula is C17H15N3O2. The van der Waals surface area contributed by atoms with Gasteiger partial charge in [0.15, 0.2) is 0 Å². The fraction of sp³-hybridized carbons (Fsp3) is 0.118. The molecule has 0 saturated carbocycles. The molecular weight excluding hydrogens is 278 g/mol. The van der Waals surface area contributed by atoms with Crippen LogP contribution in [0.1, 0.15) is 22.8 Å². The number of fused-ring (bicyclic) bond motifs is 1. The Morgan fingerprint density at radius 2 is 1.86 bits per heavy atom. The Bertz CT molecular complexity index is 764. The molecule has 0 saturated heterocycles. The summed E-state index contributed by atoms with van der Waals surface area (Å²) in [5.41, 5.74) is 3.16. The van der Waals surface area contributed by atoms with E-state index < -0.39 is 0 Å². The van der Waals surface area contributed by atoms with Gasteiger partial charge in [-0.15, -0.1) is 0 Å². The van der Waals surface area contributed by atoms with Crippen molar-refractivity contribution < 1.29 is 9.59 Å². The highest BCUT2D eigenvalue weighted by Crippen LogP contribution is 2.25. The Morgan fingerprint density at radius 3 is 2.59 bits per heavy atom. The Hall–Kier alpha value is -2.95. The standard InChI is InChI=1S/C17H15N3O2/c1-2-18-16(21)11-7-9-12(10-8-11)19-15-13-5-3-4-6-14(13)20-17(15)22/h3-10H,2H2,1H3,(H,18,21)(H,19,20,22). The highest BCUT2D eigenvalue weighted by atomic mass is 16.2. The van der Waals surface area contributed by atoms with Crippen LogP contribution in [0, 0.1) is 0 Å². The average Bonchev–Trinajstić information content (AvgIpc) is 2.84. The van der Waals surface area contributed by atoms with Gasteiger partial charge in [-0.05, 0) is 37.3 Å². The van der Waals surface area contributed by atoms with E-state index >= 15 is 0 Å². The van der Waals surface area contributed by atoms with Crippen LogP contribution in [0.3, 0.4) is 0 Å². The van der Waals surface area contributed by atoms with Crippen molar-refractivity contribution in [1.82, 2.24) is 5.32 Å². The van der Waals surface area contributed by atoms with E-state index in [9.17, 15) is 9.59 Å². The van der Waals surface area contributed by atoms with Crippen molar-refractivity contribution in [2.24, 2.45) is 4.99 Å². The number of amides is 2. The number of nitrogens with one attached hydrogen (secondary N) is 2. The van der Waals surface area contributed by atoms with Gasteiger partial charge in [-0.3, -0.25) is 9.59 Å². The van der Waals surface area contributed by atoms with Gasteiger partial charge in [-0.1, -0.05) is 18.2 Å². The SMILES string of the molecule is CCNC(=O)c1ccc(N=C2C(=O)Nc3ccccc32)cc1. The van der Waals surface area contributed by atoms with E-state index in [-0.39, 0.29) is 11.8 Å². The minimum atomic E-state index is -0.214. The molecule has 22 heavy (non-hydrogen) atoms. The van der Waals surface area contributed by atoms with Crippen molar-refractivity contribution in [1.29, 1.82) is 0 Å². The zero-order chi connectivity index (χ0) is 15.5. The molecule has 2 aromatic carbocycles. The van der Waals surface area contributed by atoms with Crippen molar-refractivity contribution in [2.75, 3.05) is 11.9 Å². The molecule has 3 rings (SSSR count). The maximum atomic E-state index is 12.0. The number of rotatable bonds is 3. The fourth-order valence-electron chi connectivity index (χ4n) is 2.29. The van der Waals surface area contributed by atoms with Crippen LogP contribution < -0.4 is 10.6 Å². The lowest BCUT2D eigenvalue weighted by Gasteiger charge is -2.02. The maximum absolute atomic E-state index is 12.0. The smallest absolute Gasteiger partial charge is 0.275 e. The number of carbonyl (C=O) groups is 2. The number of benzene rings is 2. The van der Waals surface area contributed by atoms with Gasteiger partial charge in [0.25, 0.3) is 11.8 Å². The van der Waals surface area contributed by atoms with Gasteiger partial charge in [0.05, 0.1) is 11.4 Å². The van der Waals surface area contributed by atoms with Crippen LogP contribution in [0.15, 0.2) is 53.5 Å². The van der Waals surface area contributed by atoms with Gasteiger partial charge < -0.3 is 10.6 Å². The van der Waals surface area contributed by atoms with E-state index in [1.54, 1.807) is 24.3 Å². The normalized spacial score (nSPS) is 14.6. The molecule has 0 aliphatic carbocycles. The molecule has 1 aliphatic rings. The summed E-state index contributed by atoms with van der Waals surface area (Å²) in [6.45, 7) is 2.45. The summed E-state index contributed by atoms with van der Waals surface area (Å²) in [5, 5.41) is 5.52. The number of anilines is 1. The van der Waals surface area contributed by atoms with Crippen LogP contribution in [-0.4, -0.2) is 24.1 Å². The highest BCUT2D eigenvalue weighted by molar-refractivity contribution is 6.54. The fourth-order valence-corrected chi connectivity index (χ4v) is 2.29. The Balaban J connectivity index is 1.90. The van der Waals surface area contributed by atoms with Gasteiger partial charge in [-0.2, -0.15) is 0 Å². The lowest BCUT2D eigenvalue weighted by Crippen LogP contribution is -2.22. The molecule has 0 spiro atoms. The quantitative estimate of drug-likeness (QED) is 0.912. The van der Waals surface area contributed by atoms with Crippen LogP contribution in [-0.2, 0) is 4.79 Å². The van der Waals surface area contributed by atoms with Crippen LogP contribution >= 0.6 is 0 Å². The molecule has 0 atom stereocenters. The van der Waals surface area contributed by atoms with Gasteiger partial charge in [0.2, 0.25) is 0 Å². The van der Waals surface area contributed by atoms with E-state index in [0.717, 1.165) is 11.3 Å². The summed E-state index contributed by atoms with van der Waals surface area (Å²) in [5.74, 6) is -0.334. The number of carbonyl (C=O) groups excluding carboxylic acids is 2. The number of nitrogens with zero attached hydrogens (tertiary/aromatic N) is 1. The van der Waals surface area contributed by atoms with Crippen LogP contribution in [0.2, 0.25) is 0 Å². The zero-order valence-electron chi connectivity index (χ0n) is 12.1.